The van der Waals surface area contributed by atoms with Crippen LogP contribution in [-0.4, -0.2) is 12.6 Å². The summed E-state index contributed by atoms with van der Waals surface area (Å²) in [7, 11) is 0. The van der Waals surface area contributed by atoms with Gasteiger partial charge in [0.2, 0.25) is 0 Å². The number of carbonyl (C=O) groups is 1. The van der Waals surface area contributed by atoms with Crippen LogP contribution in [0, 0.1) is 17.8 Å². The highest BCUT2D eigenvalue weighted by Gasteiger charge is 2.20. The van der Waals surface area contributed by atoms with E-state index in [1.165, 1.54) is 32.1 Å². The van der Waals surface area contributed by atoms with Gasteiger partial charge in [0.15, 0.2) is 0 Å². The molecule has 0 aromatic rings. The fourth-order valence-corrected chi connectivity index (χ4v) is 2.45. The summed E-state index contributed by atoms with van der Waals surface area (Å²) >= 11 is 0. The van der Waals surface area contributed by atoms with Crippen LogP contribution in [-0.2, 0) is 9.53 Å². The highest BCUT2D eigenvalue weighted by Crippen LogP contribution is 2.31. The van der Waals surface area contributed by atoms with Crippen molar-refractivity contribution in [1.82, 2.24) is 0 Å². The fraction of sp³-hybridized carbons (Fsp3) is 0.929. The third-order valence-corrected chi connectivity index (χ3v) is 3.74. The Labute approximate surface area is 99.8 Å². The second kappa shape index (κ2) is 6.93. The Balaban J connectivity index is 2.14. The van der Waals surface area contributed by atoms with Crippen LogP contribution in [0.1, 0.15) is 59.3 Å². The zero-order valence-electron chi connectivity index (χ0n) is 11.0. The molecule has 0 amide bonds. The molecule has 0 bridgehead atoms. The Kier molecular flexibility index (Phi) is 5.86. The molecule has 0 N–H and O–H groups in total. The summed E-state index contributed by atoms with van der Waals surface area (Å²) in [5, 5.41) is 0. The molecule has 0 radical (unpaired) electrons. The zero-order valence-corrected chi connectivity index (χ0v) is 11.0. The molecule has 1 unspecified atom stereocenters. The van der Waals surface area contributed by atoms with Gasteiger partial charge in [0.05, 0.1) is 12.5 Å². The van der Waals surface area contributed by atoms with Gasteiger partial charge in [0.1, 0.15) is 0 Å². The average Bonchev–Trinajstić information content (AvgIpc) is 2.29. The van der Waals surface area contributed by atoms with Gasteiger partial charge in [0, 0.05) is 0 Å². The summed E-state index contributed by atoms with van der Waals surface area (Å²) < 4.78 is 5.23. The van der Waals surface area contributed by atoms with Crippen molar-refractivity contribution in [3.8, 4) is 0 Å². The van der Waals surface area contributed by atoms with Crippen molar-refractivity contribution >= 4 is 5.97 Å². The summed E-state index contributed by atoms with van der Waals surface area (Å²) in [4.78, 5) is 11.3. The van der Waals surface area contributed by atoms with Gasteiger partial charge in [-0.05, 0) is 18.3 Å². The first-order chi connectivity index (χ1) is 7.61. The van der Waals surface area contributed by atoms with E-state index in [1.807, 2.05) is 13.8 Å². The molecule has 2 heteroatoms. The lowest BCUT2D eigenvalue weighted by Gasteiger charge is -2.27. The van der Waals surface area contributed by atoms with Gasteiger partial charge < -0.3 is 4.74 Å². The molecule has 1 fully saturated rings. The standard InChI is InChI=1S/C14H26O2/c1-11(2)14(15)16-10-9-12(3)13-7-5-4-6-8-13/h11-13H,4-10H2,1-3H3. The number of hydrogen-bond acceptors (Lipinski definition) is 2. The molecular weight excluding hydrogens is 200 g/mol. The summed E-state index contributed by atoms with van der Waals surface area (Å²) in [6.07, 6.45) is 7.97. The van der Waals surface area contributed by atoms with Crippen molar-refractivity contribution in [2.75, 3.05) is 6.61 Å². The molecule has 94 valence electrons. The molecule has 1 saturated carbocycles. The monoisotopic (exact) mass is 226 g/mol. The van der Waals surface area contributed by atoms with Gasteiger partial charge in [-0.25, -0.2) is 0 Å². The predicted octanol–water partition coefficient (Wildman–Crippen LogP) is 3.79. The van der Waals surface area contributed by atoms with Crippen LogP contribution in [0.25, 0.3) is 0 Å². The summed E-state index contributed by atoms with van der Waals surface area (Å²) in [6, 6.07) is 0. The van der Waals surface area contributed by atoms with Crippen molar-refractivity contribution in [3.63, 3.8) is 0 Å². The van der Waals surface area contributed by atoms with Crippen LogP contribution >= 0.6 is 0 Å². The van der Waals surface area contributed by atoms with Crippen LogP contribution in [0.4, 0.5) is 0 Å². The van der Waals surface area contributed by atoms with E-state index in [4.69, 9.17) is 4.74 Å². The van der Waals surface area contributed by atoms with Gasteiger partial charge in [-0.15, -0.1) is 0 Å². The maximum atomic E-state index is 11.3. The van der Waals surface area contributed by atoms with Crippen LogP contribution in [0.15, 0.2) is 0 Å². The molecule has 0 saturated heterocycles. The minimum Gasteiger partial charge on any atom is -0.465 e. The zero-order chi connectivity index (χ0) is 12.0. The van der Waals surface area contributed by atoms with Gasteiger partial charge >= 0.3 is 5.97 Å². The normalized spacial score (nSPS) is 19.8. The van der Waals surface area contributed by atoms with E-state index in [1.54, 1.807) is 0 Å². The lowest BCUT2D eigenvalue weighted by atomic mass is 9.80. The maximum absolute atomic E-state index is 11.3. The van der Waals surface area contributed by atoms with E-state index in [0.29, 0.717) is 12.5 Å². The van der Waals surface area contributed by atoms with Gasteiger partial charge in [-0.3, -0.25) is 4.79 Å². The number of carbonyl (C=O) groups excluding carboxylic acids is 1. The van der Waals surface area contributed by atoms with Crippen molar-refractivity contribution in [3.05, 3.63) is 0 Å². The molecule has 0 aromatic carbocycles. The smallest absolute Gasteiger partial charge is 0.308 e. The number of esters is 1. The Morgan fingerprint density at radius 1 is 1.19 bits per heavy atom. The Hall–Kier alpha value is -0.530. The van der Waals surface area contributed by atoms with E-state index in [-0.39, 0.29) is 11.9 Å². The van der Waals surface area contributed by atoms with Crippen molar-refractivity contribution < 1.29 is 9.53 Å². The molecule has 2 nitrogen and oxygen atoms in total. The molecule has 0 heterocycles. The molecular formula is C14H26O2. The Morgan fingerprint density at radius 3 is 2.38 bits per heavy atom. The minimum absolute atomic E-state index is 0.00462. The second-order valence-corrected chi connectivity index (χ2v) is 5.49. The first kappa shape index (κ1) is 13.5. The van der Waals surface area contributed by atoms with Gasteiger partial charge in [-0.2, -0.15) is 0 Å². The third kappa shape index (κ3) is 4.54. The van der Waals surface area contributed by atoms with E-state index in [2.05, 4.69) is 6.92 Å². The highest BCUT2D eigenvalue weighted by atomic mass is 16.5. The van der Waals surface area contributed by atoms with E-state index >= 15 is 0 Å². The molecule has 1 rings (SSSR count). The van der Waals surface area contributed by atoms with E-state index in [0.717, 1.165) is 12.3 Å². The number of hydrogen-bond donors (Lipinski definition) is 0. The number of ether oxygens (including phenoxy) is 1. The molecule has 1 atom stereocenters. The lowest BCUT2D eigenvalue weighted by molar-refractivity contribution is -0.147. The van der Waals surface area contributed by atoms with Gasteiger partial charge in [0.25, 0.3) is 0 Å². The predicted molar refractivity (Wildman–Crippen MR) is 66.2 cm³/mol. The van der Waals surface area contributed by atoms with Gasteiger partial charge in [-0.1, -0.05) is 52.9 Å². The van der Waals surface area contributed by atoms with Crippen LogP contribution < -0.4 is 0 Å². The summed E-state index contributed by atoms with van der Waals surface area (Å²) in [5.74, 6) is 1.52. The van der Waals surface area contributed by atoms with Crippen molar-refractivity contribution in [2.45, 2.75) is 59.3 Å². The minimum atomic E-state index is -0.0594. The first-order valence-corrected chi connectivity index (χ1v) is 6.78. The topological polar surface area (TPSA) is 26.3 Å². The largest absolute Gasteiger partial charge is 0.465 e. The SMILES string of the molecule is CC(C)C(=O)OCCC(C)C1CCCCC1. The molecule has 0 aliphatic heterocycles. The van der Waals surface area contributed by atoms with Crippen LogP contribution in [0.3, 0.4) is 0 Å². The quantitative estimate of drug-likeness (QED) is 0.667. The first-order valence-electron chi connectivity index (χ1n) is 6.78. The lowest BCUT2D eigenvalue weighted by Crippen LogP contribution is -2.19. The molecule has 1 aliphatic carbocycles. The van der Waals surface area contributed by atoms with E-state index < -0.39 is 0 Å². The summed E-state index contributed by atoms with van der Waals surface area (Å²) in [6.45, 7) is 6.67. The molecule has 0 aromatic heterocycles. The van der Waals surface area contributed by atoms with Crippen molar-refractivity contribution in [2.24, 2.45) is 17.8 Å². The van der Waals surface area contributed by atoms with E-state index in [9.17, 15) is 4.79 Å². The third-order valence-electron chi connectivity index (χ3n) is 3.74. The summed E-state index contributed by atoms with van der Waals surface area (Å²) in [5.41, 5.74) is 0. The second-order valence-electron chi connectivity index (χ2n) is 5.49. The highest BCUT2D eigenvalue weighted by molar-refractivity contribution is 5.71. The fourth-order valence-electron chi connectivity index (χ4n) is 2.45. The Bertz CT molecular complexity index is 205. The molecule has 0 spiro atoms. The van der Waals surface area contributed by atoms with Crippen LogP contribution in [0.5, 0.6) is 0 Å². The molecule has 1 aliphatic rings. The number of rotatable bonds is 5. The maximum Gasteiger partial charge on any atom is 0.308 e. The van der Waals surface area contributed by atoms with Crippen LogP contribution in [0.2, 0.25) is 0 Å². The average molecular weight is 226 g/mol. The Morgan fingerprint density at radius 2 is 1.81 bits per heavy atom. The van der Waals surface area contributed by atoms with Crippen molar-refractivity contribution in [1.29, 1.82) is 0 Å². The molecule has 16 heavy (non-hydrogen) atoms.